The number of allylic oxidation sites excluding steroid dienone is 1. The minimum Gasteiger partial charge on any atom is -0.469 e. The molecule has 1 aromatic carbocycles. The van der Waals surface area contributed by atoms with Gasteiger partial charge in [-0.1, -0.05) is 65.3 Å². The number of ether oxygens (including phenoxy) is 1. The SMILES string of the molecule is COC(=O)C1CC(N2C=C(C(C)(C)CCCO)[C@@](C)(c3ccc(CCC(C)(C)C)c(Cl)c3)CC2=O)C1. The van der Waals surface area contributed by atoms with Crippen LogP contribution in [0.25, 0.3) is 0 Å². The van der Waals surface area contributed by atoms with Crippen molar-refractivity contribution < 1.29 is 19.4 Å². The Hall–Kier alpha value is -1.85. The van der Waals surface area contributed by atoms with E-state index >= 15 is 0 Å². The second kappa shape index (κ2) is 10.9. The molecule has 0 unspecified atom stereocenters. The highest BCUT2D eigenvalue weighted by Crippen LogP contribution is 2.51. The Morgan fingerprint density at radius 2 is 1.86 bits per heavy atom. The number of hydrogen-bond donors (Lipinski definition) is 1. The van der Waals surface area contributed by atoms with Crippen LogP contribution in [0.1, 0.15) is 91.2 Å². The zero-order chi connectivity index (χ0) is 26.9. The molecule has 6 heteroatoms. The molecule has 36 heavy (non-hydrogen) atoms. The van der Waals surface area contributed by atoms with Gasteiger partial charge in [-0.25, -0.2) is 0 Å². The molecule has 200 valence electrons. The van der Waals surface area contributed by atoms with Gasteiger partial charge in [-0.2, -0.15) is 0 Å². The van der Waals surface area contributed by atoms with Crippen molar-refractivity contribution >= 4 is 23.5 Å². The van der Waals surface area contributed by atoms with E-state index in [0.29, 0.717) is 25.7 Å². The average molecular weight is 518 g/mol. The summed E-state index contributed by atoms with van der Waals surface area (Å²) in [7, 11) is 1.41. The van der Waals surface area contributed by atoms with E-state index in [4.69, 9.17) is 16.3 Å². The monoisotopic (exact) mass is 517 g/mol. The van der Waals surface area contributed by atoms with Gasteiger partial charge >= 0.3 is 5.97 Å². The van der Waals surface area contributed by atoms with E-state index in [0.717, 1.165) is 35.4 Å². The van der Waals surface area contributed by atoms with Crippen LogP contribution in [0.5, 0.6) is 0 Å². The quantitative estimate of drug-likeness (QED) is 0.382. The molecule has 0 radical (unpaired) electrons. The van der Waals surface area contributed by atoms with Crippen molar-refractivity contribution in [1.29, 1.82) is 0 Å². The predicted molar refractivity (Wildman–Crippen MR) is 145 cm³/mol. The number of hydrogen-bond acceptors (Lipinski definition) is 4. The number of benzene rings is 1. The van der Waals surface area contributed by atoms with Crippen LogP contribution in [0.2, 0.25) is 5.02 Å². The summed E-state index contributed by atoms with van der Waals surface area (Å²) < 4.78 is 4.89. The van der Waals surface area contributed by atoms with Gasteiger partial charge in [-0.15, -0.1) is 0 Å². The van der Waals surface area contributed by atoms with Gasteiger partial charge in [-0.3, -0.25) is 9.59 Å². The highest BCUT2D eigenvalue weighted by atomic mass is 35.5. The first kappa shape index (κ1) is 28.7. The summed E-state index contributed by atoms with van der Waals surface area (Å²) in [6.07, 6.45) is 7.11. The number of halogens is 1. The Balaban J connectivity index is 1.97. The van der Waals surface area contributed by atoms with Gasteiger partial charge < -0.3 is 14.7 Å². The van der Waals surface area contributed by atoms with Crippen LogP contribution in [-0.4, -0.2) is 41.6 Å². The molecule has 0 aromatic heterocycles. The average Bonchev–Trinajstić information content (AvgIpc) is 2.76. The van der Waals surface area contributed by atoms with Crippen LogP contribution < -0.4 is 0 Å². The first-order valence-electron chi connectivity index (χ1n) is 13.2. The standard InChI is InChI=1S/C30H44ClNO4/c1-28(2,3)13-11-20-9-10-22(17-24(20)31)30(6)18-26(34)32(23-15-21(16-23)27(35)36-7)19-25(30)29(4,5)12-8-14-33/h9-10,17,19,21,23,33H,8,11-16,18H2,1-7H3/t21?,23?,30-/m1/s1. The summed E-state index contributed by atoms with van der Waals surface area (Å²) in [5.41, 5.74) is 2.83. The molecule has 1 fully saturated rings. The summed E-state index contributed by atoms with van der Waals surface area (Å²) in [4.78, 5) is 27.3. The molecular weight excluding hydrogens is 474 g/mol. The third-order valence-corrected chi connectivity index (χ3v) is 8.57. The van der Waals surface area contributed by atoms with Crippen LogP contribution in [0.4, 0.5) is 0 Å². The maximum atomic E-state index is 13.5. The van der Waals surface area contributed by atoms with Gasteiger partial charge in [-0.05, 0) is 72.1 Å². The number of methoxy groups -OCH3 is 1. The third-order valence-electron chi connectivity index (χ3n) is 8.22. The number of nitrogens with zero attached hydrogens (tertiary/aromatic N) is 1. The smallest absolute Gasteiger partial charge is 0.308 e. The molecular formula is C30H44ClNO4. The molecule has 1 aromatic rings. The predicted octanol–water partition coefficient (Wildman–Crippen LogP) is 6.44. The van der Waals surface area contributed by atoms with E-state index in [1.807, 2.05) is 11.1 Å². The lowest BCUT2D eigenvalue weighted by Gasteiger charge is -2.49. The molecule has 1 saturated carbocycles. The number of rotatable bonds is 9. The lowest BCUT2D eigenvalue weighted by Crippen LogP contribution is -2.52. The summed E-state index contributed by atoms with van der Waals surface area (Å²) >= 11 is 6.80. The minimum absolute atomic E-state index is 0.0122. The van der Waals surface area contributed by atoms with Crippen LogP contribution in [0.15, 0.2) is 30.0 Å². The number of aryl methyl sites for hydroxylation is 1. The maximum Gasteiger partial charge on any atom is 0.308 e. The first-order valence-corrected chi connectivity index (χ1v) is 13.6. The van der Waals surface area contributed by atoms with E-state index in [1.165, 1.54) is 12.7 Å². The number of aliphatic hydroxyl groups is 1. The molecule has 1 atom stereocenters. The van der Waals surface area contributed by atoms with Crippen LogP contribution in [0.3, 0.4) is 0 Å². The molecule has 0 bridgehead atoms. The normalized spacial score (nSPS) is 24.9. The van der Waals surface area contributed by atoms with E-state index in [-0.39, 0.29) is 41.3 Å². The van der Waals surface area contributed by atoms with Crippen molar-refractivity contribution in [3.05, 3.63) is 46.1 Å². The Morgan fingerprint density at radius 1 is 1.19 bits per heavy atom. The largest absolute Gasteiger partial charge is 0.469 e. The van der Waals surface area contributed by atoms with Crippen molar-refractivity contribution in [2.45, 2.75) is 97.9 Å². The zero-order valence-electron chi connectivity index (χ0n) is 23.1. The number of amides is 1. The fourth-order valence-electron chi connectivity index (χ4n) is 5.76. The topological polar surface area (TPSA) is 66.8 Å². The number of carbonyl (C=O) groups excluding carboxylic acids is 2. The third kappa shape index (κ3) is 6.16. The fraction of sp³-hybridized carbons (Fsp3) is 0.667. The Kier molecular flexibility index (Phi) is 8.67. The van der Waals surface area contributed by atoms with Gasteiger partial charge in [0.15, 0.2) is 0 Å². The zero-order valence-corrected chi connectivity index (χ0v) is 23.9. The summed E-state index contributed by atoms with van der Waals surface area (Å²) in [5.74, 6) is -0.269. The molecule has 0 spiro atoms. The second-order valence-electron chi connectivity index (χ2n) is 12.8. The van der Waals surface area contributed by atoms with Crippen LogP contribution in [-0.2, 0) is 26.2 Å². The van der Waals surface area contributed by atoms with E-state index in [1.54, 1.807) is 0 Å². The Labute approximate surface area is 222 Å². The summed E-state index contributed by atoms with van der Waals surface area (Å²) in [6, 6.07) is 6.32. The molecule has 2 aliphatic rings. The van der Waals surface area contributed by atoms with Crippen molar-refractivity contribution in [2.24, 2.45) is 16.7 Å². The van der Waals surface area contributed by atoms with E-state index in [2.05, 4.69) is 59.7 Å². The van der Waals surface area contributed by atoms with Crippen molar-refractivity contribution in [2.75, 3.05) is 13.7 Å². The first-order chi connectivity index (χ1) is 16.7. The highest BCUT2D eigenvalue weighted by Gasteiger charge is 2.48. The second-order valence-corrected chi connectivity index (χ2v) is 13.2. The van der Waals surface area contributed by atoms with Crippen molar-refractivity contribution in [3.63, 3.8) is 0 Å². The van der Waals surface area contributed by atoms with Crippen LogP contribution >= 0.6 is 11.6 Å². The fourth-order valence-corrected chi connectivity index (χ4v) is 6.04. The highest BCUT2D eigenvalue weighted by molar-refractivity contribution is 6.31. The van der Waals surface area contributed by atoms with Gasteiger partial charge in [0.2, 0.25) is 5.91 Å². The molecule has 5 nitrogen and oxygen atoms in total. The van der Waals surface area contributed by atoms with Crippen LogP contribution in [0, 0.1) is 16.7 Å². The molecule has 1 amide bonds. The van der Waals surface area contributed by atoms with Gasteiger partial charge in [0.05, 0.1) is 13.0 Å². The summed E-state index contributed by atoms with van der Waals surface area (Å²) in [6.45, 7) is 13.4. The molecule has 1 N–H and O–H groups in total. The number of esters is 1. The van der Waals surface area contributed by atoms with Crippen molar-refractivity contribution in [1.82, 2.24) is 4.90 Å². The van der Waals surface area contributed by atoms with Crippen molar-refractivity contribution in [3.8, 4) is 0 Å². The lowest BCUT2D eigenvalue weighted by molar-refractivity contribution is -0.153. The number of carbonyl (C=O) groups is 2. The van der Waals surface area contributed by atoms with E-state index in [9.17, 15) is 14.7 Å². The molecule has 0 saturated heterocycles. The van der Waals surface area contributed by atoms with Gasteiger partial charge in [0.25, 0.3) is 0 Å². The Bertz CT molecular complexity index is 1000. The molecule has 1 heterocycles. The van der Waals surface area contributed by atoms with E-state index < -0.39 is 5.41 Å². The minimum atomic E-state index is -0.510. The maximum absolute atomic E-state index is 13.5. The number of aliphatic hydroxyl groups excluding tert-OH is 1. The van der Waals surface area contributed by atoms with Gasteiger partial charge in [0, 0.05) is 35.7 Å². The molecule has 3 rings (SSSR count). The lowest BCUT2D eigenvalue weighted by atomic mass is 9.61. The Morgan fingerprint density at radius 3 is 2.42 bits per heavy atom. The van der Waals surface area contributed by atoms with Gasteiger partial charge in [0.1, 0.15) is 0 Å². The molecule has 1 aliphatic heterocycles. The molecule has 1 aliphatic carbocycles. The summed E-state index contributed by atoms with van der Waals surface area (Å²) in [5, 5.41) is 10.3.